The Balaban J connectivity index is 2.18. The number of benzene rings is 2. The molecule has 0 bridgehead atoms. The van der Waals surface area contributed by atoms with Gasteiger partial charge in [0.15, 0.2) is 0 Å². The summed E-state index contributed by atoms with van der Waals surface area (Å²) in [6.07, 6.45) is 0. The Kier molecular flexibility index (Phi) is 3.84. The third kappa shape index (κ3) is 3.36. The Hall–Kier alpha value is -2.73. The van der Waals surface area contributed by atoms with Crippen LogP contribution in [-0.4, -0.2) is 5.91 Å². The minimum absolute atomic E-state index is 0.274. The molecule has 19 heavy (non-hydrogen) atoms. The topological polar surface area (TPSA) is 46.5 Å². The molecule has 2 aromatic rings. The highest BCUT2D eigenvalue weighted by molar-refractivity contribution is 5.94. The van der Waals surface area contributed by atoms with Gasteiger partial charge in [0.2, 0.25) is 0 Å². The van der Waals surface area contributed by atoms with E-state index in [-0.39, 0.29) is 5.56 Å². The molecular weight excluding hydrogens is 238 g/mol. The van der Waals surface area contributed by atoms with Crippen LogP contribution in [0.2, 0.25) is 0 Å². The number of hydrogen-bond donors (Lipinski definition) is 0. The van der Waals surface area contributed by atoms with Gasteiger partial charge in [-0.05, 0) is 43.3 Å². The van der Waals surface area contributed by atoms with Crippen molar-refractivity contribution in [2.24, 2.45) is 5.18 Å². The van der Waals surface area contributed by atoms with E-state index in [4.69, 9.17) is 0 Å². The van der Waals surface area contributed by atoms with E-state index in [0.717, 1.165) is 11.1 Å². The number of carbonyl (C=O) groups is 1. The smallest absolute Gasteiger partial charge is 0.263 e. The van der Waals surface area contributed by atoms with E-state index in [9.17, 15) is 9.70 Å². The predicted molar refractivity (Wildman–Crippen MR) is 73.7 cm³/mol. The van der Waals surface area contributed by atoms with Gasteiger partial charge in [-0.25, -0.2) is 0 Å². The van der Waals surface area contributed by atoms with Gasteiger partial charge in [-0.3, -0.25) is 4.79 Å². The van der Waals surface area contributed by atoms with E-state index in [1.165, 1.54) is 5.56 Å². The van der Waals surface area contributed by atoms with Crippen molar-refractivity contribution < 1.29 is 4.79 Å². The number of aryl methyl sites for hydroxylation is 1. The molecule has 0 radical (unpaired) electrons. The van der Waals surface area contributed by atoms with Crippen LogP contribution in [0.3, 0.4) is 0 Å². The summed E-state index contributed by atoms with van der Waals surface area (Å²) in [6, 6.07) is 14.4. The summed E-state index contributed by atoms with van der Waals surface area (Å²) in [5, 5.41) is 2.37. The molecule has 0 heterocycles. The second-order valence-corrected chi connectivity index (χ2v) is 4.09. The molecule has 0 N–H and O–H groups in total. The summed E-state index contributed by atoms with van der Waals surface area (Å²) in [5.41, 5.74) is 3.17. The average molecular weight is 249 g/mol. The van der Waals surface area contributed by atoms with Gasteiger partial charge in [-0.2, -0.15) is 0 Å². The first-order valence-corrected chi connectivity index (χ1v) is 5.75. The van der Waals surface area contributed by atoms with Gasteiger partial charge >= 0.3 is 5.91 Å². The first-order valence-electron chi connectivity index (χ1n) is 5.75. The van der Waals surface area contributed by atoms with Gasteiger partial charge in [0.05, 0.1) is 0 Å². The molecule has 0 aliphatic heterocycles. The third-order valence-corrected chi connectivity index (χ3v) is 2.62. The fourth-order valence-corrected chi connectivity index (χ4v) is 1.53. The van der Waals surface area contributed by atoms with Crippen LogP contribution in [0.1, 0.15) is 27.0 Å². The minimum atomic E-state index is -0.766. The van der Waals surface area contributed by atoms with Crippen LogP contribution in [0.15, 0.2) is 53.7 Å². The molecule has 2 aromatic carbocycles. The number of hydrogen-bond acceptors (Lipinski definition) is 2. The summed E-state index contributed by atoms with van der Waals surface area (Å²) >= 11 is 0. The number of amides is 1. The zero-order chi connectivity index (χ0) is 13.7. The van der Waals surface area contributed by atoms with E-state index < -0.39 is 5.91 Å². The Morgan fingerprint density at radius 3 is 1.84 bits per heavy atom. The van der Waals surface area contributed by atoms with Crippen molar-refractivity contribution in [1.82, 2.24) is 0 Å². The van der Waals surface area contributed by atoms with Crippen LogP contribution >= 0.6 is 0 Å². The number of nitrogens with zero attached hydrogens (tertiary/aromatic N) is 1. The second-order valence-electron chi connectivity index (χ2n) is 4.09. The normalized spacial score (nSPS) is 9.32. The molecule has 92 valence electrons. The highest BCUT2D eigenvalue weighted by Crippen LogP contribution is 2.06. The highest BCUT2D eigenvalue weighted by atomic mass is 16.3. The molecular formula is C16H11NO2. The lowest BCUT2D eigenvalue weighted by Gasteiger charge is -1.94. The molecule has 0 aliphatic rings. The van der Waals surface area contributed by atoms with Crippen LogP contribution in [0.4, 0.5) is 0 Å². The van der Waals surface area contributed by atoms with Crippen LogP contribution in [0, 0.1) is 23.7 Å². The zero-order valence-corrected chi connectivity index (χ0v) is 10.4. The Bertz CT molecular complexity index is 659. The van der Waals surface area contributed by atoms with Crippen LogP contribution < -0.4 is 0 Å². The maximum absolute atomic E-state index is 11.0. The third-order valence-electron chi connectivity index (χ3n) is 2.62. The van der Waals surface area contributed by atoms with Crippen molar-refractivity contribution in [3.05, 3.63) is 75.7 Å². The number of carbonyl (C=O) groups excluding carboxylic acids is 1. The molecule has 0 saturated heterocycles. The summed E-state index contributed by atoms with van der Waals surface area (Å²) in [6.45, 7) is 2.02. The largest absolute Gasteiger partial charge is 0.316 e. The van der Waals surface area contributed by atoms with E-state index in [1.54, 1.807) is 24.3 Å². The summed E-state index contributed by atoms with van der Waals surface area (Å²) in [7, 11) is 0. The highest BCUT2D eigenvalue weighted by Gasteiger charge is 2.03. The Morgan fingerprint density at radius 1 is 0.895 bits per heavy atom. The molecule has 0 saturated carbocycles. The minimum Gasteiger partial charge on any atom is -0.263 e. The first kappa shape index (κ1) is 12.7. The predicted octanol–water partition coefficient (Wildman–Crippen LogP) is 3.30. The van der Waals surface area contributed by atoms with Crippen molar-refractivity contribution >= 4 is 5.91 Å². The monoisotopic (exact) mass is 249 g/mol. The SMILES string of the molecule is Cc1ccc(C#Cc2ccc(C(=O)N=O)cc2)cc1. The quantitative estimate of drug-likeness (QED) is 0.575. The molecule has 0 spiro atoms. The van der Waals surface area contributed by atoms with E-state index in [1.807, 2.05) is 31.2 Å². The van der Waals surface area contributed by atoms with Gasteiger partial charge in [0.1, 0.15) is 0 Å². The molecule has 0 aliphatic carbocycles. The molecule has 0 fully saturated rings. The van der Waals surface area contributed by atoms with Crippen molar-refractivity contribution in [3.8, 4) is 11.8 Å². The molecule has 0 aromatic heterocycles. The van der Waals surface area contributed by atoms with Crippen LogP contribution in [-0.2, 0) is 0 Å². The lowest BCUT2D eigenvalue weighted by molar-refractivity contribution is 0.100. The number of rotatable bonds is 1. The Labute approximate surface area is 111 Å². The van der Waals surface area contributed by atoms with Gasteiger partial charge < -0.3 is 0 Å². The fourth-order valence-electron chi connectivity index (χ4n) is 1.53. The van der Waals surface area contributed by atoms with Gasteiger partial charge in [0, 0.05) is 21.9 Å². The van der Waals surface area contributed by atoms with Crippen molar-refractivity contribution in [1.29, 1.82) is 0 Å². The van der Waals surface area contributed by atoms with Crippen molar-refractivity contribution in [2.45, 2.75) is 6.92 Å². The van der Waals surface area contributed by atoms with E-state index >= 15 is 0 Å². The van der Waals surface area contributed by atoms with Crippen LogP contribution in [0.25, 0.3) is 0 Å². The maximum Gasteiger partial charge on any atom is 0.316 e. The van der Waals surface area contributed by atoms with Gasteiger partial charge in [0.25, 0.3) is 0 Å². The van der Waals surface area contributed by atoms with E-state index in [0.29, 0.717) is 0 Å². The first-order chi connectivity index (χ1) is 9.19. The van der Waals surface area contributed by atoms with Crippen molar-refractivity contribution in [3.63, 3.8) is 0 Å². The molecule has 0 unspecified atom stereocenters. The lowest BCUT2D eigenvalue weighted by atomic mass is 10.1. The van der Waals surface area contributed by atoms with Gasteiger partial charge in [-0.1, -0.05) is 29.5 Å². The molecule has 3 heteroatoms. The van der Waals surface area contributed by atoms with Gasteiger partial charge in [-0.15, -0.1) is 4.91 Å². The molecule has 2 rings (SSSR count). The number of nitroso groups, excluding NO2 is 1. The average Bonchev–Trinajstić information content (AvgIpc) is 2.46. The second kappa shape index (κ2) is 5.74. The van der Waals surface area contributed by atoms with Crippen molar-refractivity contribution in [2.75, 3.05) is 0 Å². The summed E-state index contributed by atoms with van der Waals surface area (Å²) < 4.78 is 0. The standard InChI is InChI=1S/C16H11NO2/c1-12-2-4-13(5-3-12)6-7-14-8-10-15(11-9-14)16(18)17-19/h2-5,8-11H,1H3. The molecule has 3 nitrogen and oxygen atoms in total. The maximum atomic E-state index is 11.0. The fraction of sp³-hybridized carbons (Fsp3) is 0.0625. The Morgan fingerprint density at radius 2 is 1.37 bits per heavy atom. The summed E-state index contributed by atoms with van der Waals surface area (Å²) in [5.74, 6) is 5.26. The molecule has 1 amide bonds. The zero-order valence-electron chi connectivity index (χ0n) is 10.4. The molecule has 0 atom stereocenters. The lowest BCUT2D eigenvalue weighted by Crippen LogP contribution is -1.92. The van der Waals surface area contributed by atoms with E-state index in [2.05, 4.69) is 17.0 Å². The summed E-state index contributed by atoms with van der Waals surface area (Å²) in [4.78, 5) is 21.1. The van der Waals surface area contributed by atoms with Crippen LogP contribution in [0.5, 0.6) is 0 Å².